The molecule has 11 heteroatoms. The second-order valence-electron chi connectivity index (χ2n) is 11.5. The summed E-state index contributed by atoms with van der Waals surface area (Å²) in [6.07, 6.45) is 13.7. The highest BCUT2D eigenvalue weighted by molar-refractivity contribution is 8.32. The number of aryl methyl sites for hydroxylation is 1. The Morgan fingerprint density at radius 1 is 1.18 bits per heavy atom. The lowest BCUT2D eigenvalue weighted by atomic mass is 9.95. The zero-order chi connectivity index (χ0) is 28.2. The number of carboxylic acids is 1. The van der Waals surface area contributed by atoms with E-state index >= 15 is 0 Å². The molecule has 0 bridgehead atoms. The normalized spacial score (nSPS) is 14.6. The molecule has 0 aliphatic heterocycles. The Bertz CT molecular complexity index is 1280. The molecule has 4 rings (SSSR count). The summed E-state index contributed by atoms with van der Waals surface area (Å²) >= 11 is 0. The molecule has 3 aromatic heterocycles. The lowest BCUT2D eigenvalue weighted by Gasteiger charge is -2.26. The van der Waals surface area contributed by atoms with Gasteiger partial charge in [0, 0.05) is 35.3 Å². The van der Waals surface area contributed by atoms with E-state index < -0.39 is 21.4 Å². The molecule has 0 radical (unpaired) electrons. The fraction of sp³-hybridized carbons (Fsp3) is 0.536. The molecular weight excluding hydrogens is 518 g/mol. The molecule has 0 aromatic carbocycles. The van der Waals surface area contributed by atoms with Crippen molar-refractivity contribution in [2.45, 2.75) is 52.9 Å². The number of nitrogens with zero attached hydrogens (tertiary/aromatic N) is 5. The quantitative estimate of drug-likeness (QED) is 0.295. The first-order valence-corrected chi connectivity index (χ1v) is 16.1. The van der Waals surface area contributed by atoms with Crippen LogP contribution >= 0.6 is 10.0 Å². The lowest BCUT2D eigenvalue weighted by Crippen LogP contribution is -2.30. The molecule has 1 aliphatic carbocycles. The number of rotatable bonds is 13. The first kappa shape index (κ1) is 28.8. The van der Waals surface area contributed by atoms with E-state index in [1.54, 1.807) is 37.0 Å². The van der Waals surface area contributed by atoms with E-state index in [2.05, 4.69) is 38.8 Å². The van der Waals surface area contributed by atoms with Gasteiger partial charge in [-0.05, 0) is 76.5 Å². The van der Waals surface area contributed by atoms with E-state index in [0.717, 1.165) is 41.0 Å². The zero-order valence-corrected chi connectivity index (χ0v) is 24.5. The largest absolute Gasteiger partial charge is 0.481 e. The molecule has 1 aliphatic rings. The smallest absolute Gasteiger partial charge is 0.317 e. The highest BCUT2D eigenvalue weighted by Gasteiger charge is 2.28. The monoisotopic (exact) mass is 557 g/mol. The Hall–Kier alpha value is -3.18. The van der Waals surface area contributed by atoms with Crippen LogP contribution in [0.25, 0.3) is 22.6 Å². The molecule has 39 heavy (non-hydrogen) atoms. The summed E-state index contributed by atoms with van der Waals surface area (Å²) < 4.78 is 19.3. The van der Waals surface area contributed by atoms with E-state index in [4.69, 9.17) is 14.2 Å². The summed E-state index contributed by atoms with van der Waals surface area (Å²) in [5.74, 6) is 1.02. The van der Waals surface area contributed by atoms with Gasteiger partial charge in [-0.1, -0.05) is 0 Å². The highest BCUT2D eigenvalue weighted by atomic mass is 32.3. The maximum atomic E-state index is 11.3. The van der Waals surface area contributed by atoms with E-state index in [-0.39, 0.29) is 12.7 Å². The van der Waals surface area contributed by atoms with Crippen molar-refractivity contribution in [1.29, 1.82) is 0 Å². The van der Waals surface area contributed by atoms with Gasteiger partial charge in [-0.25, -0.2) is 15.0 Å². The molecule has 0 unspecified atom stereocenters. The summed E-state index contributed by atoms with van der Waals surface area (Å²) in [7, 11) is -0.628. The summed E-state index contributed by atoms with van der Waals surface area (Å²) in [6.45, 7) is 6.15. The van der Waals surface area contributed by atoms with Gasteiger partial charge in [-0.2, -0.15) is 9.67 Å². The van der Waals surface area contributed by atoms with E-state index in [1.165, 1.54) is 6.42 Å². The number of pyridine rings is 2. The van der Waals surface area contributed by atoms with E-state index in [1.807, 2.05) is 19.1 Å². The van der Waals surface area contributed by atoms with Crippen LogP contribution in [-0.2, 0) is 16.3 Å². The number of carbonyl (C=O) groups is 1. The summed E-state index contributed by atoms with van der Waals surface area (Å²) in [6, 6.07) is 6.10. The third-order valence-electron chi connectivity index (χ3n) is 6.56. The SMILES string of the molecule is Cc1cc(OCC(C)(C)C(=O)O)ncc1-c1ccc(-c2nc(OC3CCC3)n(COCCS(C)(C)C)n2)cn1. The molecule has 0 spiro atoms. The number of hydrogen-bond acceptors (Lipinski definition) is 8. The van der Waals surface area contributed by atoms with Gasteiger partial charge in [0.2, 0.25) is 5.88 Å². The second-order valence-corrected chi connectivity index (χ2v) is 16.1. The van der Waals surface area contributed by atoms with Crippen LogP contribution in [0.2, 0.25) is 0 Å². The van der Waals surface area contributed by atoms with Crippen LogP contribution in [0.3, 0.4) is 0 Å². The first-order valence-electron chi connectivity index (χ1n) is 13.1. The van der Waals surface area contributed by atoms with Crippen molar-refractivity contribution in [2.24, 2.45) is 5.41 Å². The Morgan fingerprint density at radius 2 is 1.95 bits per heavy atom. The summed E-state index contributed by atoms with van der Waals surface area (Å²) in [4.78, 5) is 25.0. The molecular formula is C28H39N5O5S. The van der Waals surface area contributed by atoms with Crippen molar-refractivity contribution in [1.82, 2.24) is 24.7 Å². The van der Waals surface area contributed by atoms with Crippen LogP contribution in [0.15, 0.2) is 30.6 Å². The fourth-order valence-electron chi connectivity index (χ4n) is 3.60. The average molecular weight is 558 g/mol. The lowest BCUT2D eigenvalue weighted by molar-refractivity contribution is -0.148. The van der Waals surface area contributed by atoms with Crippen LogP contribution in [0, 0.1) is 12.3 Å². The number of aromatic nitrogens is 5. The number of ether oxygens (including phenoxy) is 3. The van der Waals surface area contributed by atoms with Crippen LogP contribution in [0.1, 0.15) is 38.7 Å². The average Bonchev–Trinajstić information content (AvgIpc) is 3.25. The molecule has 0 amide bonds. The number of carboxylic acid groups (broad SMARTS) is 1. The van der Waals surface area contributed by atoms with Gasteiger partial charge in [-0.3, -0.25) is 9.78 Å². The number of hydrogen-bond donors (Lipinski definition) is 1. The Labute approximate surface area is 231 Å². The fourth-order valence-corrected chi connectivity index (χ4v) is 4.22. The third kappa shape index (κ3) is 7.69. The first-order chi connectivity index (χ1) is 18.4. The predicted octanol–water partition coefficient (Wildman–Crippen LogP) is 4.80. The van der Waals surface area contributed by atoms with Crippen molar-refractivity contribution in [3.63, 3.8) is 0 Å². The zero-order valence-electron chi connectivity index (χ0n) is 23.6. The maximum absolute atomic E-state index is 11.3. The number of aliphatic carboxylic acids is 1. The van der Waals surface area contributed by atoms with Crippen molar-refractivity contribution in [3.8, 4) is 34.5 Å². The molecule has 1 fully saturated rings. The van der Waals surface area contributed by atoms with Crippen molar-refractivity contribution in [3.05, 3.63) is 36.2 Å². The van der Waals surface area contributed by atoms with Crippen LogP contribution in [0.5, 0.6) is 11.9 Å². The molecule has 0 atom stereocenters. The molecule has 0 saturated heterocycles. The molecule has 3 heterocycles. The minimum atomic E-state index is -1.01. The second kappa shape index (κ2) is 11.9. The minimum Gasteiger partial charge on any atom is -0.481 e. The molecule has 212 valence electrons. The molecule has 3 aromatic rings. The van der Waals surface area contributed by atoms with Gasteiger partial charge in [0.1, 0.15) is 19.4 Å². The molecule has 1 saturated carbocycles. The topological polar surface area (TPSA) is 121 Å². The van der Waals surface area contributed by atoms with E-state index in [0.29, 0.717) is 31.1 Å². The van der Waals surface area contributed by atoms with Crippen molar-refractivity contribution in [2.75, 3.05) is 37.7 Å². The third-order valence-corrected chi connectivity index (χ3v) is 7.95. The Kier molecular flexibility index (Phi) is 8.80. The molecule has 10 nitrogen and oxygen atoms in total. The van der Waals surface area contributed by atoms with Crippen LogP contribution in [-0.4, -0.2) is 79.6 Å². The van der Waals surface area contributed by atoms with Gasteiger partial charge in [-0.15, -0.1) is 5.10 Å². The Balaban J connectivity index is 1.46. The summed E-state index contributed by atoms with van der Waals surface area (Å²) in [5, 5.41) is 13.9. The predicted molar refractivity (Wildman–Crippen MR) is 153 cm³/mol. The minimum absolute atomic E-state index is 0.0236. The van der Waals surface area contributed by atoms with Crippen LogP contribution < -0.4 is 9.47 Å². The van der Waals surface area contributed by atoms with Gasteiger partial charge in [0.15, 0.2) is 5.82 Å². The van der Waals surface area contributed by atoms with Gasteiger partial charge in [0.25, 0.3) is 0 Å². The van der Waals surface area contributed by atoms with Gasteiger partial charge >= 0.3 is 12.0 Å². The van der Waals surface area contributed by atoms with Crippen LogP contribution in [0.4, 0.5) is 0 Å². The van der Waals surface area contributed by atoms with Crippen molar-refractivity contribution < 1.29 is 24.1 Å². The van der Waals surface area contributed by atoms with Gasteiger partial charge in [0.05, 0.1) is 17.7 Å². The highest BCUT2D eigenvalue weighted by Crippen LogP contribution is 2.34. The van der Waals surface area contributed by atoms with Gasteiger partial charge < -0.3 is 19.3 Å². The van der Waals surface area contributed by atoms with Crippen molar-refractivity contribution >= 4 is 16.0 Å². The Morgan fingerprint density at radius 3 is 2.54 bits per heavy atom. The molecule has 1 N–H and O–H groups in total. The standard InChI is InChI=1S/C28H39N5O5S/c1-19-14-24(37-17-28(2,3)26(34)35)30-16-22(19)23-11-10-20(15-29-23)25-31-27(38-21-8-7-9-21)33(32-25)18-36-12-13-39(4,5)6/h10-11,14-16,21H,7-9,12-13,17-18H2,1-6H3,(H,34,35). The summed E-state index contributed by atoms with van der Waals surface area (Å²) in [5.41, 5.74) is 2.29. The van der Waals surface area contributed by atoms with E-state index in [9.17, 15) is 9.90 Å². The maximum Gasteiger partial charge on any atom is 0.317 e.